The van der Waals surface area contributed by atoms with Gasteiger partial charge in [-0.05, 0) is 45.7 Å². The van der Waals surface area contributed by atoms with Gasteiger partial charge in [0.2, 0.25) is 0 Å². The molecular weight excluding hydrogens is 256 g/mol. The number of hydrogen-bond donors (Lipinski definition) is 2. The van der Waals surface area contributed by atoms with Gasteiger partial charge in [0.05, 0.1) is 10.2 Å². The molecule has 102 valence electrons. The highest BCUT2D eigenvalue weighted by molar-refractivity contribution is 7.22. The van der Waals surface area contributed by atoms with Crippen molar-refractivity contribution in [1.29, 1.82) is 0 Å². The molecule has 0 amide bonds. The molecule has 0 spiro atoms. The third-order valence-electron chi connectivity index (χ3n) is 3.36. The van der Waals surface area contributed by atoms with Crippen LogP contribution in [0, 0.1) is 20.8 Å². The molecule has 1 aromatic heterocycles. The topological polar surface area (TPSA) is 45.2 Å². The number of allylic oxidation sites excluding steroid dienone is 1. The molecule has 2 N–H and O–H groups in total. The van der Waals surface area contributed by atoms with E-state index >= 15 is 0 Å². The summed E-state index contributed by atoms with van der Waals surface area (Å²) < 4.78 is 1.07. The second-order valence-electron chi connectivity index (χ2n) is 5.08. The Hall–Kier alpha value is -1.55. The Morgan fingerprint density at radius 3 is 2.53 bits per heavy atom. The van der Waals surface area contributed by atoms with Crippen molar-refractivity contribution in [1.82, 2.24) is 4.98 Å². The fraction of sp³-hybridized carbons (Fsp3) is 0.400. The number of aromatic hydroxyl groups is 1. The van der Waals surface area contributed by atoms with Crippen LogP contribution in [0.1, 0.15) is 30.5 Å². The Balaban J connectivity index is 2.43. The number of rotatable bonds is 3. The summed E-state index contributed by atoms with van der Waals surface area (Å²) in [5.74, 6) is 0.393. The van der Waals surface area contributed by atoms with Crippen LogP contribution in [0.5, 0.6) is 5.75 Å². The lowest BCUT2D eigenvalue weighted by atomic mass is 10.0. The predicted octanol–water partition coefficient (Wildman–Crippen LogP) is 4.31. The molecule has 0 radical (unpaired) electrons. The minimum absolute atomic E-state index is 0.393. The van der Waals surface area contributed by atoms with Crippen LogP contribution in [0.2, 0.25) is 0 Å². The number of hydrogen-bond acceptors (Lipinski definition) is 4. The summed E-state index contributed by atoms with van der Waals surface area (Å²) in [5, 5.41) is 14.3. The van der Waals surface area contributed by atoms with Crippen molar-refractivity contribution in [2.24, 2.45) is 0 Å². The van der Waals surface area contributed by atoms with Gasteiger partial charge in [0.15, 0.2) is 5.13 Å². The van der Waals surface area contributed by atoms with Gasteiger partial charge in [-0.1, -0.05) is 23.0 Å². The van der Waals surface area contributed by atoms with Crippen LogP contribution in [-0.4, -0.2) is 16.6 Å². The fourth-order valence-corrected chi connectivity index (χ4v) is 3.02. The highest BCUT2D eigenvalue weighted by Crippen LogP contribution is 2.38. The highest BCUT2D eigenvalue weighted by atomic mass is 32.1. The number of aromatic nitrogens is 1. The van der Waals surface area contributed by atoms with Crippen molar-refractivity contribution in [2.75, 3.05) is 11.9 Å². The molecule has 0 saturated heterocycles. The molecule has 1 aromatic carbocycles. The number of nitrogens with one attached hydrogen (secondary N) is 1. The van der Waals surface area contributed by atoms with E-state index in [0.29, 0.717) is 5.75 Å². The number of benzene rings is 1. The summed E-state index contributed by atoms with van der Waals surface area (Å²) in [6.07, 6.45) is 2.13. The summed E-state index contributed by atoms with van der Waals surface area (Å²) >= 11 is 1.60. The molecule has 0 atom stereocenters. The van der Waals surface area contributed by atoms with Crippen LogP contribution in [0.4, 0.5) is 5.13 Å². The number of fused-ring (bicyclic) bond motifs is 1. The van der Waals surface area contributed by atoms with E-state index in [1.54, 1.807) is 11.3 Å². The third kappa shape index (κ3) is 2.59. The van der Waals surface area contributed by atoms with Gasteiger partial charge in [-0.25, -0.2) is 4.98 Å². The Labute approximate surface area is 118 Å². The summed E-state index contributed by atoms with van der Waals surface area (Å²) in [6, 6.07) is 0. The lowest BCUT2D eigenvalue weighted by Crippen LogP contribution is -1.97. The van der Waals surface area contributed by atoms with Gasteiger partial charge in [0.25, 0.3) is 0 Å². The van der Waals surface area contributed by atoms with Gasteiger partial charge in [0.1, 0.15) is 5.75 Å². The first-order valence-corrected chi connectivity index (χ1v) is 7.20. The van der Waals surface area contributed by atoms with Gasteiger partial charge in [-0.15, -0.1) is 0 Å². The van der Waals surface area contributed by atoms with E-state index in [9.17, 15) is 5.11 Å². The summed E-state index contributed by atoms with van der Waals surface area (Å²) in [4.78, 5) is 4.64. The molecule has 3 nitrogen and oxygen atoms in total. The number of nitrogens with zero attached hydrogens (tertiary/aromatic N) is 1. The Morgan fingerprint density at radius 1 is 1.21 bits per heavy atom. The number of thiazole rings is 1. The lowest BCUT2D eigenvalue weighted by Gasteiger charge is -2.07. The first-order valence-electron chi connectivity index (χ1n) is 6.38. The zero-order valence-electron chi connectivity index (χ0n) is 12.1. The van der Waals surface area contributed by atoms with Crippen molar-refractivity contribution < 1.29 is 5.11 Å². The summed E-state index contributed by atoms with van der Waals surface area (Å²) in [7, 11) is 0. The van der Waals surface area contributed by atoms with Crippen LogP contribution < -0.4 is 5.32 Å². The Morgan fingerprint density at radius 2 is 1.89 bits per heavy atom. The van der Waals surface area contributed by atoms with Gasteiger partial charge < -0.3 is 10.4 Å². The lowest BCUT2D eigenvalue weighted by molar-refractivity contribution is 0.467. The number of phenolic OH excluding ortho intramolecular Hbond substituents is 1. The summed E-state index contributed by atoms with van der Waals surface area (Å²) in [5.41, 5.74) is 5.19. The van der Waals surface area contributed by atoms with E-state index in [4.69, 9.17) is 0 Å². The largest absolute Gasteiger partial charge is 0.507 e. The predicted molar refractivity (Wildman–Crippen MR) is 83.4 cm³/mol. The SMILES string of the molecule is CC(C)=CCNc1nc2c(C)c(C)c(O)c(C)c2s1. The van der Waals surface area contributed by atoms with E-state index in [2.05, 4.69) is 30.2 Å². The van der Waals surface area contributed by atoms with Gasteiger partial charge >= 0.3 is 0 Å². The monoisotopic (exact) mass is 276 g/mol. The number of anilines is 1. The molecule has 0 bridgehead atoms. The molecule has 0 fully saturated rings. The van der Waals surface area contributed by atoms with Crippen molar-refractivity contribution in [3.8, 4) is 5.75 Å². The molecule has 2 aromatic rings. The average Bonchev–Trinajstić information content (AvgIpc) is 2.77. The second-order valence-corrected chi connectivity index (χ2v) is 6.08. The maximum atomic E-state index is 10.1. The molecule has 19 heavy (non-hydrogen) atoms. The van der Waals surface area contributed by atoms with Crippen molar-refractivity contribution >= 4 is 26.7 Å². The molecular formula is C15H20N2OS. The van der Waals surface area contributed by atoms with E-state index < -0.39 is 0 Å². The van der Waals surface area contributed by atoms with E-state index in [0.717, 1.165) is 38.6 Å². The molecule has 0 aliphatic carbocycles. The second kappa shape index (κ2) is 5.21. The van der Waals surface area contributed by atoms with Crippen LogP contribution in [0.3, 0.4) is 0 Å². The van der Waals surface area contributed by atoms with E-state index in [1.807, 2.05) is 20.8 Å². The zero-order valence-corrected chi connectivity index (χ0v) is 12.9. The number of aryl methyl sites for hydroxylation is 2. The van der Waals surface area contributed by atoms with Crippen molar-refractivity contribution in [3.05, 3.63) is 28.3 Å². The molecule has 0 unspecified atom stereocenters. The van der Waals surface area contributed by atoms with Crippen LogP contribution >= 0.6 is 11.3 Å². The molecule has 4 heteroatoms. The van der Waals surface area contributed by atoms with Crippen molar-refractivity contribution in [2.45, 2.75) is 34.6 Å². The zero-order chi connectivity index (χ0) is 14.2. The highest BCUT2D eigenvalue weighted by Gasteiger charge is 2.15. The normalized spacial score (nSPS) is 10.8. The minimum Gasteiger partial charge on any atom is -0.507 e. The average molecular weight is 276 g/mol. The molecule has 0 aliphatic heterocycles. The third-order valence-corrected chi connectivity index (χ3v) is 4.49. The summed E-state index contributed by atoms with van der Waals surface area (Å²) in [6.45, 7) is 10.8. The maximum Gasteiger partial charge on any atom is 0.184 e. The number of phenols is 1. The molecule has 0 saturated carbocycles. The van der Waals surface area contributed by atoms with E-state index in [1.165, 1.54) is 5.57 Å². The quantitative estimate of drug-likeness (QED) is 0.821. The fourth-order valence-electron chi connectivity index (χ4n) is 1.99. The van der Waals surface area contributed by atoms with Gasteiger partial charge in [-0.3, -0.25) is 0 Å². The first-order chi connectivity index (χ1) is 8.91. The molecule has 1 heterocycles. The van der Waals surface area contributed by atoms with E-state index in [-0.39, 0.29) is 0 Å². The maximum absolute atomic E-state index is 10.1. The first kappa shape index (κ1) is 13.9. The smallest absolute Gasteiger partial charge is 0.184 e. The van der Waals surface area contributed by atoms with Gasteiger partial charge in [0, 0.05) is 12.1 Å². The van der Waals surface area contributed by atoms with Gasteiger partial charge in [-0.2, -0.15) is 0 Å². The van der Waals surface area contributed by atoms with Crippen LogP contribution in [0.15, 0.2) is 11.6 Å². The standard InChI is InChI=1S/C15H20N2OS/c1-8(2)6-7-16-15-17-12-9(3)10(4)13(18)11(5)14(12)19-15/h6,18H,7H2,1-5H3,(H,16,17). The Bertz CT molecular complexity index is 607. The van der Waals surface area contributed by atoms with Crippen LogP contribution in [0.25, 0.3) is 10.2 Å². The molecule has 0 aliphatic rings. The minimum atomic E-state index is 0.393. The Kier molecular flexibility index (Phi) is 3.80. The molecule has 2 rings (SSSR count). The van der Waals surface area contributed by atoms with Crippen LogP contribution in [-0.2, 0) is 0 Å². The van der Waals surface area contributed by atoms with Crippen molar-refractivity contribution in [3.63, 3.8) is 0 Å².